The SMILES string of the molecule is CC1(C)Cc2cc(-c3cc(Cl)ccc3C=O)ccc2O1. The lowest BCUT2D eigenvalue weighted by atomic mass is 9.95. The lowest BCUT2D eigenvalue weighted by Gasteiger charge is -2.16. The molecule has 0 fully saturated rings. The first-order valence-corrected chi connectivity index (χ1v) is 6.93. The van der Waals surface area contributed by atoms with Crippen molar-refractivity contribution in [3.8, 4) is 16.9 Å². The van der Waals surface area contributed by atoms with Crippen LogP contribution in [0.15, 0.2) is 36.4 Å². The first-order chi connectivity index (χ1) is 9.48. The van der Waals surface area contributed by atoms with E-state index in [9.17, 15) is 4.79 Å². The van der Waals surface area contributed by atoms with E-state index in [0.29, 0.717) is 10.6 Å². The van der Waals surface area contributed by atoms with Gasteiger partial charge in [0.1, 0.15) is 11.4 Å². The Morgan fingerprint density at radius 2 is 2.00 bits per heavy atom. The highest BCUT2D eigenvalue weighted by Crippen LogP contribution is 2.38. The Morgan fingerprint density at radius 3 is 2.75 bits per heavy atom. The number of hydrogen-bond acceptors (Lipinski definition) is 2. The summed E-state index contributed by atoms with van der Waals surface area (Å²) < 4.78 is 5.87. The number of aldehydes is 1. The molecule has 2 nitrogen and oxygen atoms in total. The molecule has 1 aliphatic rings. The molecular weight excluding hydrogens is 272 g/mol. The molecule has 0 aliphatic carbocycles. The summed E-state index contributed by atoms with van der Waals surface area (Å²) in [5.74, 6) is 0.924. The lowest BCUT2D eigenvalue weighted by Crippen LogP contribution is -2.24. The van der Waals surface area contributed by atoms with E-state index in [-0.39, 0.29) is 5.60 Å². The second-order valence-corrected chi connectivity index (χ2v) is 6.15. The summed E-state index contributed by atoms with van der Waals surface area (Å²) in [7, 11) is 0. The summed E-state index contributed by atoms with van der Waals surface area (Å²) in [4.78, 5) is 11.2. The Bertz CT molecular complexity index is 689. The van der Waals surface area contributed by atoms with Crippen LogP contribution in [0, 0.1) is 0 Å². The molecule has 1 heterocycles. The van der Waals surface area contributed by atoms with Gasteiger partial charge in [0.05, 0.1) is 0 Å². The maximum atomic E-state index is 11.2. The molecule has 102 valence electrons. The Kier molecular flexibility index (Phi) is 3.06. The van der Waals surface area contributed by atoms with Gasteiger partial charge in [-0.15, -0.1) is 0 Å². The molecule has 3 rings (SSSR count). The van der Waals surface area contributed by atoms with E-state index in [1.807, 2.05) is 18.2 Å². The van der Waals surface area contributed by atoms with E-state index in [4.69, 9.17) is 16.3 Å². The summed E-state index contributed by atoms with van der Waals surface area (Å²) in [5.41, 5.74) is 3.51. The number of hydrogen-bond donors (Lipinski definition) is 0. The summed E-state index contributed by atoms with van der Waals surface area (Å²) in [6, 6.07) is 11.3. The van der Waals surface area contributed by atoms with Crippen molar-refractivity contribution in [2.45, 2.75) is 25.9 Å². The van der Waals surface area contributed by atoms with Crippen LogP contribution in [0.1, 0.15) is 29.8 Å². The molecule has 0 bridgehead atoms. The molecule has 0 saturated carbocycles. The van der Waals surface area contributed by atoms with Crippen molar-refractivity contribution >= 4 is 17.9 Å². The third kappa shape index (κ3) is 2.32. The van der Waals surface area contributed by atoms with E-state index < -0.39 is 0 Å². The summed E-state index contributed by atoms with van der Waals surface area (Å²) in [6.07, 6.45) is 1.73. The maximum absolute atomic E-state index is 11.2. The van der Waals surface area contributed by atoms with E-state index in [1.165, 1.54) is 5.56 Å². The third-order valence-corrected chi connectivity index (χ3v) is 3.75. The van der Waals surface area contributed by atoms with Gasteiger partial charge >= 0.3 is 0 Å². The highest BCUT2D eigenvalue weighted by atomic mass is 35.5. The van der Waals surface area contributed by atoms with Gasteiger partial charge in [-0.3, -0.25) is 4.79 Å². The molecular formula is C17H15ClO2. The Labute approximate surface area is 123 Å². The zero-order chi connectivity index (χ0) is 14.3. The molecule has 0 N–H and O–H groups in total. The minimum atomic E-state index is -0.164. The van der Waals surface area contributed by atoms with Gasteiger partial charge in [0.2, 0.25) is 0 Å². The van der Waals surface area contributed by atoms with E-state index in [2.05, 4.69) is 19.9 Å². The molecule has 0 spiro atoms. The number of carbonyl (C=O) groups is 1. The van der Waals surface area contributed by atoms with Crippen molar-refractivity contribution in [1.29, 1.82) is 0 Å². The monoisotopic (exact) mass is 286 g/mol. The van der Waals surface area contributed by atoms with Crippen molar-refractivity contribution in [1.82, 2.24) is 0 Å². The van der Waals surface area contributed by atoms with Crippen LogP contribution in [0.5, 0.6) is 5.75 Å². The smallest absolute Gasteiger partial charge is 0.150 e. The van der Waals surface area contributed by atoms with Crippen molar-refractivity contribution in [3.63, 3.8) is 0 Å². The van der Waals surface area contributed by atoms with Crippen LogP contribution in [0.4, 0.5) is 0 Å². The fourth-order valence-electron chi connectivity index (χ4n) is 2.66. The highest BCUT2D eigenvalue weighted by Gasteiger charge is 2.30. The zero-order valence-electron chi connectivity index (χ0n) is 11.4. The zero-order valence-corrected chi connectivity index (χ0v) is 12.2. The van der Waals surface area contributed by atoms with Gasteiger partial charge in [-0.2, -0.15) is 0 Å². The van der Waals surface area contributed by atoms with Crippen LogP contribution in [0.2, 0.25) is 5.02 Å². The highest BCUT2D eigenvalue weighted by molar-refractivity contribution is 6.31. The van der Waals surface area contributed by atoms with Crippen molar-refractivity contribution in [2.24, 2.45) is 0 Å². The standard InChI is InChI=1S/C17H15ClO2/c1-17(2)9-13-7-11(4-6-16(13)20-17)15-8-14(18)5-3-12(15)10-19/h3-8,10H,9H2,1-2H3. The normalized spacial score (nSPS) is 15.6. The number of rotatable bonds is 2. The average molecular weight is 287 g/mol. The third-order valence-electron chi connectivity index (χ3n) is 3.52. The van der Waals surface area contributed by atoms with Crippen LogP contribution in [-0.4, -0.2) is 11.9 Å². The topological polar surface area (TPSA) is 26.3 Å². The summed E-state index contributed by atoms with van der Waals surface area (Å²) >= 11 is 6.05. The number of fused-ring (bicyclic) bond motifs is 1. The minimum Gasteiger partial charge on any atom is -0.487 e. The average Bonchev–Trinajstić information content (AvgIpc) is 2.71. The van der Waals surface area contributed by atoms with Gasteiger partial charge in [-0.25, -0.2) is 0 Å². The molecule has 2 aromatic rings. The van der Waals surface area contributed by atoms with E-state index >= 15 is 0 Å². The van der Waals surface area contributed by atoms with Crippen LogP contribution in [0.3, 0.4) is 0 Å². The number of ether oxygens (including phenoxy) is 1. The molecule has 20 heavy (non-hydrogen) atoms. The molecule has 0 aromatic heterocycles. The summed E-state index contributed by atoms with van der Waals surface area (Å²) in [6.45, 7) is 4.14. The molecule has 0 amide bonds. The second kappa shape index (κ2) is 4.64. The molecule has 0 unspecified atom stereocenters. The van der Waals surface area contributed by atoms with E-state index in [1.54, 1.807) is 12.1 Å². The van der Waals surface area contributed by atoms with Crippen LogP contribution < -0.4 is 4.74 Å². The van der Waals surface area contributed by atoms with Crippen molar-refractivity contribution in [3.05, 3.63) is 52.5 Å². The largest absolute Gasteiger partial charge is 0.487 e. The number of benzene rings is 2. The summed E-state index contributed by atoms with van der Waals surface area (Å²) in [5, 5.41) is 0.627. The van der Waals surface area contributed by atoms with Crippen LogP contribution in [-0.2, 0) is 6.42 Å². The first kappa shape index (κ1) is 13.2. The minimum absolute atomic E-state index is 0.164. The fraction of sp³-hybridized carbons (Fsp3) is 0.235. The molecule has 0 atom stereocenters. The van der Waals surface area contributed by atoms with Gasteiger partial charge in [0.25, 0.3) is 0 Å². The quantitative estimate of drug-likeness (QED) is 0.758. The molecule has 0 radical (unpaired) electrons. The lowest BCUT2D eigenvalue weighted by molar-refractivity contribution is 0.112. The molecule has 1 aliphatic heterocycles. The van der Waals surface area contributed by atoms with Gasteiger partial charge in [-0.05, 0) is 60.9 Å². The molecule has 0 saturated heterocycles. The van der Waals surface area contributed by atoms with Crippen LogP contribution >= 0.6 is 11.6 Å². The van der Waals surface area contributed by atoms with Gasteiger partial charge in [-0.1, -0.05) is 17.7 Å². The van der Waals surface area contributed by atoms with Crippen molar-refractivity contribution in [2.75, 3.05) is 0 Å². The maximum Gasteiger partial charge on any atom is 0.150 e. The number of carbonyl (C=O) groups excluding carboxylic acids is 1. The predicted molar refractivity (Wildman–Crippen MR) is 80.7 cm³/mol. The van der Waals surface area contributed by atoms with E-state index in [0.717, 1.165) is 29.6 Å². The first-order valence-electron chi connectivity index (χ1n) is 6.55. The van der Waals surface area contributed by atoms with Gasteiger partial charge in [0, 0.05) is 17.0 Å². The van der Waals surface area contributed by atoms with Gasteiger partial charge in [0.15, 0.2) is 6.29 Å². The van der Waals surface area contributed by atoms with Crippen molar-refractivity contribution < 1.29 is 9.53 Å². The molecule has 2 aromatic carbocycles. The van der Waals surface area contributed by atoms with Gasteiger partial charge < -0.3 is 4.74 Å². The second-order valence-electron chi connectivity index (χ2n) is 5.71. The van der Waals surface area contributed by atoms with Crippen LogP contribution in [0.25, 0.3) is 11.1 Å². The fourth-order valence-corrected chi connectivity index (χ4v) is 2.83. The Hall–Kier alpha value is -1.80. The Morgan fingerprint density at radius 1 is 1.20 bits per heavy atom. The Balaban J connectivity index is 2.09. The predicted octanol–water partition coefficient (Wildman–Crippen LogP) is 4.53. The number of halogens is 1. The molecule has 3 heteroatoms.